The van der Waals surface area contributed by atoms with Crippen LogP contribution in [0.1, 0.15) is 12.5 Å². The lowest BCUT2D eigenvalue weighted by atomic mass is 10.2. The largest absolute Gasteiger partial charge is 0.367 e. The van der Waals surface area contributed by atoms with E-state index in [1.54, 1.807) is 24.4 Å². The molecule has 0 aliphatic carbocycles. The molecule has 1 fully saturated rings. The fraction of sp³-hybridized carbons (Fsp3) is 0.333. The summed E-state index contributed by atoms with van der Waals surface area (Å²) in [6.07, 6.45) is 1.75. The van der Waals surface area contributed by atoms with E-state index < -0.39 is 10.0 Å². The molecule has 0 N–H and O–H groups in total. The third-order valence-electron chi connectivity index (χ3n) is 5.45. The van der Waals surface area contributed by atoms with Gasteiger partial charge in [-0.1, -0.05) is 36.2 Å². The second kappa shape index (κ2) is 7.43. The molecule has 2 heterocycles. The van der Waals surface area contributed by atoms with Gasteiger partial charge in [0.2, 0.25) is 0 Å². The number of anilines is 1. The Bertz CT molecular complexity index is 1100. The SMILES string of the molecule is CCN1CCN(c2cn(S(=O)(=O)c3ccc(C)cc3)c3cc(Cl)ccc23)CC1. The number of aromatic nitrogens is 1. The number of benzene rings is 2. The molecule has 5 nitrogen and oxygen atoms in total. The molecule has 0 unspecified atom stereocenters. The van der Waals surface area contributed by atoms with Crippen molar-refractivity contribution in [2.24, 2.45) is 0 Å². The zero-order valence-electron chi connectivity index (χ0n) is 16.1. The Hall–Kier alpha value is -2.02. The normalized spacial score (nSPS) is 16.0. The molecule has 0 radical (unpaired) electrons. The van der Waals surface area contributed by atoms with Gasteiger partial charge < -0.3 is 9.80 Å². The minimum Gasteiger partial charge on any atom is -0.367 e. The Labute approximate surface area is 171 Å². The van der Waals surface area contributed by atoms with Crippen LogP contribution >= 0.6 is 11.6 Å². The summed E-state index contributed by atoms with van der Waals surface area (Å²) >= 11 is 6.21. The van der Waals surface area contributed by atoms with Crippen LogP contribution < -0.4 is 4.90 Å². The predicted octanol–water partition coefficient (Wildman–Crippen LogP) is 3.98. The summed E-state index contributed by atoms with van der Waals surface area (Å²) < 4.78 is 28.1. The van der Waals surface area contributed by atoms with Crippen molar-refractivity contribution >= 4 is 38.2 Å². The first-order valence-electron chi connectivity index (χ1n) is 9.50. The van der Waals surface area contributed by atoms with Crippen molar-refractivity contribution in [1.82, 2.24) is 8.87 Å². The molecule has 2 aromatic carbocycles. The third-order valence-corrected chi connectivity index (χ3v) is 7.37. The van der Waals surface area contributed by atoms with Crippen molar-refractivity contribution < 1.29 is 8.42 Å². The lowest BCUT2D eigenvalue weighted by Gasteiger charge is -2.35. The van der Waals surface area contributed by atoms with Gasteiger partial charge in [-0.15, -0.1) is 0 Å². The molecule has 0 saturated carbocycles. The second-order valence-electron chi connectivity index (χ2n) is 7.21. The number of halogens is 1. The molecule has 0 atom stereocenters. The van der Waals surface area contributed by atoms with E-state index >= 15 is 0 Å². The summed E-state index contributed by atoms with van der Waals surface area (Å²) in [5.41, 5.74) is 2.58. The summed E-state index contributed by atoms with van der Waals surface area (Å²) in [5, 5.41) is 1.43. The molecular weight excluding hydrogens is 394 g/mol. The molecule has 4 rings (SSSR count). The van der Waals surface area contributed by atoms with E-state index in [0.717, 1.165) is 49.4 Å². The Morgan fingerprint density at radius 1 is 1.00 bits per heavy atom. The number of aryl methyl sites for hydroxylation is 1. The van der Waals surface area contributed by atoms with Crippen LogP contribution in [-0.4, -0.2) is 50.0 Å². The second-order valence-corrected chi connectivity index (χ2v) is 9.46. The number of hydrogen-bond donors (Lipinski definition) is 0. The van der Waals surface area contributed by atoms with Crippen LogP contribution in [0.15, 0.2) is 53.6 Å². The third kappa shape index (κ3) is 3.41. The van der Waals surface area contributed by atoms with Gasteiger partial charge in [-0.05, 0) is 43.8 Å². The standard InChI is InChI=1S/C21H24ClN3O2S/c1-3-23-10-12-24(13-11-23)21-15-25(20-14-17(22)6-9-19(20)21)28(26,27)18-7-4-16(2)5-8-18/h4-9,14-15H,3,10-13H2,1-2H3. The van der Waals surface area contributed by atoms with Crippen LogP contribution in [-0.2, 0) is 10.0 Å². The van der Waals surface area contributed by atoms with Crippen molar-refractivity contribution in [1.29, 1.82) is 0 Å². The van der Waals surface area contributed by atoms with Crippen LogP contribution in [0.25, 0.3) is 10.9 Å². The molecule has 1 aliphatic rings. The minimum absolute atomic E-state index is 0.275. The van der Waals surface area contributed by atoms with Crippen molar-refractivity contribution in [3.63, 3.8) is 0 Å². The lowest BCUT2D eigenvalue weighted by molar-refractivity contribution is 0.271. The van der Waals surface area contributed by atoms with E-state index in [0.29, 0.717) is 10.5 Å². The molecule has 28 heavy (non-hydrogen) atoms. The molecule has 148 valence electrons. The van der Waals surface area contributed by atoms with Crippen LogP contribution in [0, 0.1) is 6.92 Å². The van der Waals surface area contributed by atoms with E-state index in [-0.39, 0.29) is 4.90 Å². The Balaban J connectivity index is 1.83. The van der Waals surface area contributed by atoms with E-state index in [2.05, 4.69) is 16.7 Å². The van der Waals surface area contributed by atoms with E-state index in [9.17, 15) is 8.42 Å². The van der Waals surface area contributed by atoms with Gasteiger partial charge in [0.15, 0.2) is 0 Å². The lowest BCUT2D eigenvalue weighted by Crippen LogP contribution is -2.46. The van der Waals surface area contributed by atoms with Gasteiger partial charge in [-0.2, -0.15) is 0 Å². The molecule has 0 bridgehead atoms. The van der Waals surface area contributed by atoms with E-state index in [1.165, 1.54) is 3.97 Å². The average Bonchev–Trinajstić information content (AvgIpc) is 3.08. The number of rotatable bonds is 4. The summed E-state index contributed by atoms with van der Waals surface area (Å²) in [5.74, 6) is 0. The van der Waals surface area contributed by atoms with Crippen LogP contribution in [0.3, 0.4) is 0 Å². The van der Waals surface area contributed by atoms with Crippen LogP contribution in [0.5, 0.6) is 0 Å². The highest BCUT2D eigenvalue weighted by molar-refractivity contribution is 7.90. The quantitative estimate of drug-likeness (QED) is 0.644. The molecule has 3 aromatic rings. The van der Waals surface area contributed by atoms with Crippen molar-refractivity contribution in [3.05, 3.63) is 59.2 Å². The topological polar surface area (TPSA) is 45.5 Å². The van der Waals surface area contributed by atoms with Gasteiger partial charge in [0.1, 0.15) is 0 Å². The first-order chi connectivity index (χ1) is 13.4. The summed E-state index contributed by atoms with van der Waals surface area (Å²) in [6, 6.07) is 12.4. The molecule has 0 amide bonds. The Morgan fingerprint density at radius 2 is 1.68 bits per heavy atom. The number of likely N-dealkylation sites (N-methyl/N-ethyl adjacent to an activating group) is 1. The number of nitrogens with zero attached hydrogens (tertiary/aromatic N) is 3. The first-order valence-corrected chi connectivity index (χ1v) is 11.3. The fourth-order valence-corrected chi connectivity index (χ4v) is 5.26. The molecule has 1 aliphatic heterocycles. The van der Waals surface area contributed by atoms with Crippen molar-refractivity contribution in [2.45, 2.75) is 18.7 Å². The highest BCUT2D eigenvalue weighted by Gasteiger charge is 2.25. The maximum Gasteiger partial charge on any atom is 0.268 e. The maximum atomic E-state index is 13.4. The molecular formula is C21H24ClN3O2S. The number of fused-ring (bicyclic) bond motifs is 1. The van der Waals surface area contributed by atoms with Gasteiger partial charge in [0.25, 0.3) is 10.0 Å². The monoisotopic (exact) mass is 417 g/mol. The van der Waals surface area contributed by atoms with Crippen LogP contribution in [0.2, 0.25) is 5.02 Å². The average molecular weight is 418 g/mol. The molecule has 7 heteroatoms. The Morgan fingerprint density at radius 3 is 2.32 bits per heavy atom. The molecule has 0 spiro atoms. The van der Waals surface area contributed by atoms with Gasteiger partial charge in [0.05, 0.1) is 16.1 Å². The van der Waals surface area contributed by atoms with Crippen molar-refractivity contribution in [2.75, 3.05) is 37.6 Å². The van der Waals surface area contributed by atoms with Gasteiger partial charge in [-0.25, -0.2) is 12.4 Å². The van der Waals surface area contributed by atoms with Gasteiger partial charge in [0, 0.05) is 42.8 Å². The Kier molecular flexibility index (Phi) is 5.12. The van der Waals surface area contributed by atoms with E-state index in [4.69, 9.17) is 11.6 Å². The fourth-order valence-electron chi connectivity index (χ4n) is 3.73. The predicted molar refractivity (Wildman–Crippen MR) is 115 cm³/mol. The van der Waals surface area contributed by atoms with Gasteiger partial charge >= 0.3 is 0 Å². The number of hydrogen-bond acceptors (Lipinski definition) is 4. The highest BCUT2D eigenvalue weighted by atomic mass is 35.5. The highest BCUT2D eigenvalue weighted by Crippen LogP contribution is 2.34. The van der Waals surface area contributed by atoms with Gasteiger partial charge in [-0.3, -0.25) is 0 Å². The zero-order valence-corrected chi connectivity index (χ0v) is 17.7. The zero-order chi connectivity index (χ0) is 19.9. The number of piperazine rings is 1. The summed E-state index contributed by atoms with van der Waals surface area (Å²) in [6.45, 7) is 8.84. The smallest absolute Gasteiger partial charge is 0.268 e. The van der Waals surface area contributed by atoms with Crippen LogP contribution in [0.4, 0.5) is 5.69 Å². The maximum absolute atomic E-state index is 13.4. The van der Waals surface area contributed by atoms with Crippen molar-refractivity contribution in [3.8, 4) is 0 Å². The minimum atomic E-state index is -3.71. The molecule has 1 saturated heterocycles. The summed E-state index contributed by atoms with van der Waals surface area (Å²) in [7, 11) is -3.71. The first kappa shape index (κ1) is 19.3. The van der Waals surface area contributed by atoms with E-state index in [1.807, 2.05) is 31.2 Å². The summed E-state index contributed by atoms with van der Waals surface area (Å²) in [4.78, 5) is 4.94. The molecule has 1 aromatic heterocycles.